The molecule has 1 saturated heterocycles. The van der Waals surface area contributed by atoms with E-state index < -0.39 is 6.04 Å². The lowest BCUT2D eigenvalue weighted by Gasteiger charge is -2.28. The number of nitrogens with zero attached hydrogens (tertiary/aromatic N) is 1. The molecule has 0 unspecified atom stereocenters. The summed E-state index contributed by atoms with van der Waals surface area (Å²) in [4.78, 5) is 28.7. The molecule has 1 fully saturated rings. The van der Waals surface area contributed by atoms with Crippen LogP contribution >= 0.6 is 11.8 Å². The van der Waals surface area contributed by atoms with Crippen LogP contribution < -0.4 is 10.6 Å². The van der Waals surface area contributed by atoms with E-state index in [1.165, 1.54) is 17.8 Å². The highest BCUT2D eigenvalue weighted by molar-refractivity contribution is 8.00. The first-order valence-electron chi connectivity index (χ1n) is 8.46. The maximum Gasteiger partial charge on any atom is 0.243 e. The van der Waals surface area contributed by atoms with Gasteiger partial charge in [-0.2, -0.15) is 0 Å². The number of nitrogens with one attached hydrogen (secondary N) is 2. The summed E-state index contributed by atoms with van der Waals surface area (Å²) in [6.45, 7) is 0.464. The highest BCUT2D eigenvalue weighted by atomic mass is 32.2. The highest BCUT2D eigenvalue weighted by Crippen LogP contribution is 2.23. The van der Waals surface area contributed by atoms with E-state index in [2.05, 4.69) is 15.6 Å². The van der Waals surface area contributed by atoms with Crippen molar-refractivity contribution in [1.82, 2.24) is 15.6 Å². The maximum absolute atomic E-state index is 13.7. The topological polar surface area (TPSA) is 71.1 Å². The molecule has 5 nitrogen and oxygen atoms in total. The van der Waals surface area contributed by atoms with Crippen LogP contribution in [0.2, 0.25) is 0 Å². The van der Waals surface area contributed by atoms with Crippen molar-refractivity contribution in [3.05, 3.63) is 65.7 Å². The Hall–Kier alpha value is -2.41. The minimum atomic E-state index is -0.562. The molecule has 1 aliphatic rings. The minimum Gasteiger partial charge on any atom is -0.354 e. The van der Waals surface area contributed by atoms with Crippen molar-refractivity contribution in [2.24, 2.45) is 0 Å². The van der Waals surface area contributed by atoms with Crippen LogP contribution in [0.15, 0.2) is 48.7 Å². The Morgan fingerprint density at radius 3 is 2.81 bits per heavy atom. The lowest BCUT2D eigenvalue weighted by molar-refractivity contribution is -0.128. The molecular weight excluding hydrogens is 353 g/mol. The van der Waals surface area contributed by atoms with Crippen molar-refractivity contribution >= 4 is 23.6 Å². The number of pyridine rings is 1. The first-order chi connectivity index (χ1) is 12.6. The first kappa shape index (κ1) is 18.4. The van der Waals surface area contributed by atoms with Crippen molar-refractivity contribution in [3.8, 4) is 0 Å². The van der Waals surface area contributed by atoms with Gasteiger partial charge in [-0.1, -0.05) is 24.3 Å². The number of hydrogen-bond donors (Lipinski definition) is 2. The van der Waals surface area contributed by atoms with Crippen molar-refractivity contribution in [3.63, 3.8) is 0 Å². The minimum absolute atomic E-state index is 0.203. The number of halogens is 1. The number of aromatic nitrogens is 1. The molecule has 2 amide bonds. The summed E-state index contributed by atoms with van der Waals surface area (Å²) in [5, 5.41) is 5.19. The van der Waals surface area contributed by atoms with Gasteiger partial charge in [0.15, 0.2) is 0 Å². The zero-order valence-corrected chi connectivity index (χ0v) is 15.0. The molecule has 3 rings (SSSR count). The third-order valence-electron chi connectivity index (χ3n) is 4.16. The summed E-state index contributed by atoms with van der Waals surface area (Å²) in [6, 6.07) is 11.5. The van der Waals surface area contributed by atoms with Crippen LogP contribution in [-0.2, 0) is 22.4 Å². The number of benzene rings is 1. The fourth-order valence-electron chi connectivity index (χ4n) is 2.73. The number of thioether (sulfide) groups is 1. The monoisotopic (exact) mass is 373 g/mol. The van der Waals surface area contributed by atoms with E-state index in [0.717, 1.165) is 5.69 Å². The molecule has 2 N–H and O–H groups in total. The number of rotatable bonds is 6. The second-order valence-corrected chi connectivity index (χ2v) is 7.28. The quantitative estimate of drug-likeness (QED) is 0.809. The van der Waals surface area contributed by atoms with Gasteiger partial charge in [0.1, 0.15) is 11.9 Å². The van der Waals surface area contributed by atoms with E-state index in [9.17, 15) is 14.0 Å². The number of carbonyl (C=O) groups excluding carboxylic acids is 2. The van der Waals surface area contributed by atoms with E-state index in [1.807, 2.05) is 18.2 Å². The largest absolute Gasteiger partial charge is 0.354 e. The van der Waals surface area contributed by atoms with Crippen molar-refractivity contribution in [2.45, 2.75) is 24.1 Å². The smallest absolute Gasteiger partial charge is 0.243 e. The van der Waals surface area contributed by atoms with Crippen LogP contribution in [0.5, 0.6) is 0 Å². The van der Waals surface area contributed by atoms with Gasteiger partial charge >= 0.3 is 0 Å². The number of amides is 2. The van der Waals surface area contributed by atoms with Gasteiger partial charge in [-0.05, 0) is 30.2 Å². The van der Waals surface area contributed by atoms with Crippen molar-refractivity contribution in [2.75, 3.05) is 12.3 Å². The zero-order valence-electron chi connectivity index (χ0n) is 14.2. The molecule has 1 aliphatic heterocycles. The second-order valence-electron chi connectivity index (χ2n) is 6.04. The Morgan fingerprint density at radius 1 is 1.27 bits per heavy atom. The molecule has 2 heterocycles. The van der Waals surface area contributed by atoms with E-state index in [1.54, 1.807) is 24.4 Å². The van der Waals surface area contributed by atoms with E-state index in [0.29, 0.717) is 30.7 Å². The molecule has 0 saturated carbocycles. The molecule has 1 aromatic carbocycles. The summed E-state index contributed by atoms with van der Waals surface area (Å²) in [5.74, 6) is -0.268. The van der Waals surface area contributed by atoms with E-state index in [-0.39, 0.29) is 22.9 Å². The fourth-order valence-corrected chi connectivity index (χ4v) is 3.91. The zero-order chi connectivity index (χ0) is 18.4. The van der Waals surface area contributed by atoms with Crippen molar-refractivity contribution < 1.29 is 14.0 Å². The lowest BCUT2D eigenvalue weighted by Crippen LogP contribution is -2.54. The van der Waals surface area contributed by atoms with Crippen LogP contribution in [0.4, 0.5) is 4.39 Å². The summed E-state index contributed by atoms with van der Waals surface area (Å²) >= 11 is 1.39. The van der Waals surface area contributed by atoms with Gasteiger partial charge in [-0.25, -0.2) is 4.39 Å². The van der Waals surface area contributed by atoms with Crippen LogP contribution in [-0.4, -0.2) is 40.4 Å². The van der Waals surface area contributed by atoms with Gasteiger partial charge in [0.25, 0.3) is 0 Å². The average molecular weight is 373 g/mol. The van der Waals surface area contributed by atoms with Gasteiger partial charge < -0.3 is 10.6 Å². The number of carbonyl (C=O) groups is 2. The Bertz CT molecular complexity index is 772. The average Bonchev–Trinajstić information content (AvgIpc) is 2.66. The Balaban J connectivity index is 1.46. The summed E-state index contributed by atoms with van der Waals surface area (Å²) < 4.78 is 13.7. The van der Waals surface area contributed by atoms with Gasteiger partial charge in [0.2, 0.25) is 11.8 Å². The molecule has 136 valence electrons. The molecule has 26 heavy (non-hydrogen) atoms. The summed E-state index contributed by atoms with van der Waals surface area (Å²) in [6.07, 6.45) is 2.67. The lowest BCUT2D eigenvalue weighted by atomic mass is 10.1. The number of hydrogen-bond acceptors (Lipinski definition) is 4. The van der Waals surface area contributed by atoms with Gasteiger partial charge in [-0.15, -0.1) is 11.8 Å². The highest BCUT2D eigenvalue weighted by Gasteiger charge is 2.32. The standard InChI is InChI=1S/C19H20FN3O2S/c20-15-7-2-1-5-13(15)11-17-19(25)23-16(12-26-17)18(24)22-10-8-14-6-3-4-9-21-14/h1-7,9,16-17H,8,10-12H2,(H,22,24)(H,23,25)/t16-,17+/m1/s1. The van der Waals surface area contributed by atoms with Gasteiger partial charge in [0, 0.05) is 30.6 Å². The molecule has 2 atom stereocenters. The van der Waals surface area contributed by atoms with Gasteiger partial charge in [-0.3, -0.25) is 14.6 Å². The maximum atomic E-state index is 13.7. The molecule has 0 spiro atoms. The third kappa shape index (κ3) is 4.82. The molecule has 0 aliphatic carbocycles. The normalized spacial score (nSPS) is 19.7. The van der Waals surface area contributed by atoms with Crippen LogP contribution in [0.3, 0.4) is 0 Å². The first-order valence-corrected chi connectivity index (χ1v) is 9.51. The molecule has 0 radical (unpaired) electrons. The Morgan fingerprint density at radius 2 is 2.08 bits per heavy atom. The predicted molar refractivity (Wildman–Crippen MR) is 99.2 cm³/mol. The summed E-state index contributed by atoms with van der Waals surface area (Å²) in [7, 11) is 0. The fraction of sp³-hybridized carbons (Fsp3) is 0.316. The van der Waals surface area contributed by atoms with Gasteiger partial charge in [0.05, 0.1) is 5.25 Å². The van der Waals surface area contributed by atoms with E-state index in [4.69, 9.17) is 0 Å². The molecule has 0 bridgehead atoms. The Kier molecular flexibility index (Phi) is 6.22. The molecule has 1 aromatic heterocycles. The predicted octanol–water partition coefficient (Wildman–Crippen LogP) is 1.72. The molecule has 2 aromatic rings. The molecular formula is C19H20FN3O2S. The second kappa shape index (κ2) is 8.80. The molecule has 7 heteroatoms. The summed E-state index contributed by atoms with van der Waals surface area (Å²) in [5.41, 5.74) is 1.42. The van der Waals surface area contributed by atoms with E-state index >= 15 is 0 Å². The van der Waals surface area contributed by atoms with Crippen LogP contribution in [0, 0.1) is 5.82 Å². The van der Waals surface area contributed by atoms with Crippen LogP contribution in [0.25, 0.3) is 0 Å². The van der Waals surface area contributed by atoms with Crippen LogP contribution in [0.1, 0.15) is 11.3 Å². The SMILES string of the molecule is O=C1N[C@@H](C(=O)NCCc2ccccn2)CS[C@H]1Cc1ccccc1F. The third-order valence-corrected chi connectivity index (χ3v) is 5.47. The Labute approximate surface area is 155 Å². The van der Waals surface area contributed by atoms with Crippen molar-refractivity contribution in [1.29, 1.82) is 0 Å².